The Morgan fingerprint density at radius 1 is 1.40 bits per heavy atom. The second kappa shape index (κ2) is 4.34. The average Bonchev–Trinajstić information content (AvgIpc) is 2.79. The van der Waals surface area contributed by atoms with Crippen LogP contribution in [0.2, 0.25) is 0 Å². The van der Waals surface area contributed by atoms with E-state index in [0.717, 1.165) is 24.8 Å². The van der Waals surface area contributed by atoms with Gasteiger partial charge in [-0.3, -0.25) is 4.79 Å². The third-order valence-electron chi connectivity index (χ3n) is 2.35. The van der Waals surface area contributed by atoms with E-state index in [0.29, 0.717) is 17.8 Å². The monoisotopic (exact) mass is 206 g/mol. The van der Waals surface area contributed by atoms with Gasteiger partial charge in [0.15, 0.2) is 11.3 Å². The molecule has 0 spiro atoms. The first-order valence-electron chi connectivity index (χ1n) is 5.32. The van der Waals surface area contributed by atoms with Crippen LogP contribution < -0.4 is 4.74 Å². The van der Waals surface area contributed by atoms with Crippen molar-refractivity contribution in [2.24, 2.45) is 0 Å². The Balaban J connectivity index is 1.86. The van der Waals surface area contributed by atoms with Crippen LogP contribution in [0.1, 0.15) is 32.6 Å². The molecule has 0 atom stereocenters. The molecule has 2 bridgehead atoms. The molecule has 2 aromatic rings. The maximum Gasteiger partial charge on any atom is 0.311 e. The highest BCUT2D eigenvalue weighted by Gasteiger charge is 2.11. The molecular formula is C12H14O3. The van der Waals surface area contributed by atoms with Gasteiger partial charge in [-0.1, -0.05) is 19.8 Å². The number of hydrogen-bond donors (Lipinski definition) is 0. The molecular weight excluding hydrogens is 192 g/mol. The lowest BCUT2D eigenvalue weighted by atomic mass is 10.2. The molecule has 0 saturated carbocycles. The normalized spacial score (nSPS) is 11.0. The summed E-state index contributed by atoms with van der Waals surface area (Å²) in [4.78, 5) is 11.4. The Labute approximate surface area is 88.4 Å². The molecule has 0 radical (unpaired) electrons. The van der Waals surface area contributed by atoms with E-state index >= 15 is 0 Å². The number of hydrogen-bond acceptors (Lipinski definition) is 3. The van der Waals surface area contributed by atoms with Crippen molar-refractivity contribution in [1.82, 2.24) is 0 Å². The minimum atomic E-state index is -0.174. The molecule has 0 saturated heterocycles. The number of carbonyl (C=O) groups excluding carboxylic acids is 1. The van der Waals surface area contributed by atoms with Crippen molar-refractivity contribution in [1.29, 1.82) is 0 Å². The van der Waals surface area contributed by atoms with Gasteiger partial charge >= 0.3 is 5.97 Å². The van der Waals surface area contributed by atoms with Crippen molar-refractivity contribution in [3.63, 3.8) is 0 Å². The van der Waals surface area contributed by atoms with E-state index < -0.39 is 0 Å². The fourth-order valence-corrected chi connectivity index (χ4v) is 1.54. The summed E-state index contributed by atoms with van der Waals surface area (Å²) < 4.78 is 10.4. The van der Waals surface area contributed by atoms with Gasteiger partial charge in [0.2, 0.25) is 0 Å². The minimum Gasteiger partial charge on any atom is -0.453 e. The van der Waals surface area contributed by atoms with Gasteiger partial charge in [-0.15, -0.1) is 0 Å². The molecule has 0 N–H and O–H groups in total. The van der Waals surface area contributed by atoms with E-state index in [1.165, 1.54) is 0 Å². The van der Waals surface area contributed by atoms with Crippen LogP contribution in [-0.4, -0.2) is 5.97 Å². The summed E-state index contributed by atoms with van der Waals surface area (Å²) in [5.41, 5.74) is 1.40. The zero-order valence-corrected chi connectivity index (χ0v) is 8.79. The molecule has 0 amide bonds. The molecule has 3 nitrogen and oxygen atoms in total. The molecule has 0 aromatic carbocycles. The largest absolute Gasteiger partial charge is 0.453 e. The predicted octanol–water partition coefficient (Wildman–Crippen LogP) is 3.36. The quantitative estimate of drug-likeness (QED) is 0.428. The van der Waals surface area contributed by atoms with Gasteiger partial charge in [0.25, 0.3) is 0 Å². The first-order chi connectivity index (χ1) is 7.29. The number of ether oxygens (including phenoxy) is 1. The van der Waals surface area contributed by atoms with Gasteiger partial charge in [0.05, 0.1) is 0 Å². The number of rotatable bonds is 5. The van der Waals surface area contributed by atoms with Crippen molar-refractivity contribution < 1.29 is 13.9 Å². The lowest BCUT2D eigenvalue weighted by Crippen LogP contribution is -2.06. The summed E-state index contributed by atoms with van der Waals surface area (Å²) in [5.74, 6) is 0.376. The number of esters is 1. The first-order valence-corrected chi connectivity index (χ1v) is 5.32. The second-order valence-electron chi connectivity index (χ2n) is 3.64. The molecule has 0 aliphatic rings. The number of carbonyl (C=O) groups is 1. The molecule has 15 heavy (non-hydrogen) atoms. The van der Waals surface area contributed by atoms with E-state index in [9.17, 15) is 4.79 Å². The average molecular weight is 206 g/mol. The van der Waals surface area contributed by atoms with E-state index in [2.05, 4.69) is 6.92 Å². The van der Waals surface area contributed by atoms with E-state index in [1.54, 1.807) is 6.07 Å². The Kier molecular flexibility index (Phi) is 2.90. The molecule has 2 rings (SSSR count). The summed E-state index contributed by atoms with van der Waals surface area (Å²) in [6.45, 7) is 2.11. The van der Waals surface area contributed by atoms with Crippen LogP contribution in [-0.2, 0) is 4.79 Å². The van der Waals surface area contributed by atoms with Gasteiger partial charge < -0.3 is 9.15 Å². The molecule has 2 aromatic heterocycles. The van der Waals surface area contributed by atoms with Crippen molar-refractivity contribution in [2.75, 3.05) is 0 Å². The summed E-state index contributed by atoms with van der Waals surface area (Å²) in [5, 5.41) is 0. The van der Waals surface area contributed by atoms with Crippen LogP contribution in [0.4, 0.5) is 0 Å². The second-order valence-corrected chi connectivity index (χ2v) is 3.64. The fourth-order valence-electron chi connectivity index (χ4n) is 1.54. The van der Waals surface area contributed by atoms with Crippen LogP contribution >= 0.6 is 0 Å². The van der Waals surface area contributed by atoms with E-state index in [1.807, 2.05) is 12.1 Å². The van der Waals surface area contributed by atoms with Crippen molar-refractivity contribution >= 4 is 17.1 Å². The first kappa shape index (κ1) is 10.0. The minimum absolute atomic E-state index is 0.174. The molecule has 3 heteroatoms. The number of unbranched alkanes of at least 4 members (excludes halogenated alkanes) is 2. The number of benzene rings is 1. The van der Waals surface area contributed by atoms with Crippen LogP contribution in [0, 0.1) is 0 Å². The molecule has 0 unspecified atom stereocenters. The molecule has 0 aliphatic carbocycles. The van der Waals surface area contributed by atoms with Crippen LogP contribution in [0.3, 0.4) is 0 Å². The van der Waals surface area contributed by atoms with Crippen LogP contribution in [0.15, 0.2) is 22.6 Å². The van der Waals surface area contributed by atoms with Crippen molar-refractivity contribution in [3.05, 3.63) is 18.2 Å². The van der Waals surface area contributed by atoms with E-state index in [4.69, 9.17) is 9.15 Å². The zero-order valence-electron chi connectivity index (χ0n) is 8.79. The van der Waals surface area contributed by atoms with E-state index in [-0.39, 0.29) is 5.97 Å². The number of fused-ring (bicyclic) bond motifs is 2. The van der Waals surface area contributed by atoms with Gasteiger partial charge in [-0.2, -0.15) is 0 Å². The summed E-state index contributed by atoms with van der Waals surface area (Å²) >= 11 is 0. The van der Waals surface area contributed by atoms with Crippen LogP contribution in [0.25, 0.3) is 11.2 Å². The molecule has 2 heterocycles. The lowest BCUT2D eigenvalue weighted by molar-refractivity contribution is -0.134. The lowest BCUT2D eigenvalue weighted by Gasteiger charge is -2.01. The third kappa shape index (κ3) is 2.29. The Morgan fingerprint density at radius 2 is 2.27 bits per heavy atom. The van der Waals surface area contributed by atoms with Gasteiger partial charge in [0, 0.05) is 12.5 Å². The highest BCUT2D eigenvalue weighted by molar-refractivity contribution is 5.78. The summed E-state index contributed by atoms with van der Waals surface area (Å²) in [7, 11) is 0. The highest BCUT2D eigenvalue weighted by Crippen LogP contribution is 2.29. The third-order valence-corrected chi connectivity index (χ3v) is 2.35. The predicted molar refractivity (Wildman–Crippen MR) is 57.2 cm³/mol. The summed E-state index contributed by atoms with van der Waals surface area (Å²) in [6, 6.07) is 5.40. The molecule has 80 valence electrons. The highest BCUT2D eigenvalue weighted by atomic mass is 16.5. The summed E-state index contributed by atoms with van der Waals surface area (Å²) in [6.07, 6.45) is 3.55. The maximum absolute atomic E-state index is 11.4. The van der Waals surface area contributed by atoms with Gasteiger partial charge in [0.1, 0.15) is 5.58 Å². The van der Waals surface area contributed by atoms with Gasteiger partial charge in [-0.25, -0.2) is 0 Å². The Morgan fingerprint density at radius 3 is 2.87 bits per heavy atom. The fraction of sp³-hybridized carbons (Fsp3) is 0.417. The van der Waals surface area contributed by atoms with Gasteiger partial charge in [-0.05, 0) is 18.6 Å². The Hall–Kier alpha value is -1.51. The SMILES string of the molecule is CCCCCC(=O)Oc1cc2ccc1o2. The van der Waals surface area contributed by atoms with Crippen molar-refractivity contribution in [2.45, 2.75) is 32.6 Å². The standard InChI is InChI=1S/C12H14O3/c1-2-3-4-5-12(13)15-11-8-9-6-7-10(11)14-9/h6-8H,2-5H2,1H3. The zero-order chi connectivity index (χ0) is 10.7. The molecule has 0 fully saturated rings. The Bertz CT molecular complexity index is 430. The number of furan rings is 2. The smallest absolute Gasteiger partial charge is 0.311 e. The van der Waals surface area contributed by atoms with Crippen LogP contribution in [0.5, 0.6) is 5.75 Å². The molecule has 0 aliphatic heterocycles. The maximum atomic E-state index is 11.4. The topological polar surface area (TPSA) is 39.4 Å². The van der Waals surface area contributed by atoms with Crippen molar-refractivity contribution in [3.8, 4) is 5.75 Å².